The van der Waals surface area contributed by atoms with E-state index in [1.807, 2.05) is 32.9 Å². The molecule has 0 aliphatic carbocycles. The van der Waals surface area contributed by atoms with Crippen molar-refractivity contribution >= 4 is 6.09 Å². The summed E-state index contributed by atoms with van der Waals surface area (Å²) in [5.74, 6) is 0.855. The van der Waals surface area contributed by atoms with E-state index in [4.69, 9.17) is 15.2 Å². The molecule has 1 amide bonds. The summed E-state index contributed by atoms with van der Waals surface area (Å²) in [4.78, 5) is 11.5. The van der Waals surface area contributed by atoms with E-state index in [2.05, 4.69) is 19.2 Å². The maximum atomic E-state index is 11.5. The fourth-order valence-corrected chi connectivity index (χ4v) is 2.11. The van der Waals surface area contributed by atoms with Crippen LogP contribution >= 0.6 is 0 Å². The van der Waals surface area contributed by atoms with E-state index in [-0.39, 0.29) is 6.09 Å². The Morgan fingerprint density at radius 2 is 1.91 bits per heavy atom. The molecule has 0 fully saturated rings. The quantitative estimate of drug-likeness (QED) is 0.754. The van der Waals surface area contributed by atoms with Gasteiger partial charge in [0.2, 0.25) is 0 Å². The van der Waals surface area contributed by atoms with Gasteiger partial charge in [0, 0.05) is 13.1 Å². The number of unbranched alkanes of at least 4 members (excludes halogenated alkanes) is 1. The maximum absolute atomic E-state index is 11.5. The molecule has 0 atom stereocenters. The first-order valence-corrected chi connectivity index (χ1v) is 8.13. The Kier molecular flexibility index (Phi) is 7.36. The number of benzene rings is 1. The van der Waals surface area contributed by atoms with Gasteiger partial charge < -0.3 is 20.5 Å². The van der Waals surface area contributed by atoms with Crippen molar-refractivity contribution in [1.82, 2.24) is 5.32 Å². The minimum atomic E-state index is -0.461. The lowest BCUT2D eigenvalue weighted by atomic mass is 10.0. The minimum absolute atomic E-state index is 0.375. The predicted molar refractivity (Wildman–Crippen MR) is 92.8 cm³/mol. The Labute approximate surface area is 139 Å². The second-order valence-electron chi connectivity index (χ2n) is 6.71. The molecule has 23 heavy (non-hydrogen) atoms. The standard InChI is InChI=1S/C18H30N2O3/c1-13-10-16(11-15(12-19)14(13)2)22-9-7-6-8-20-17(21)23-18(3,4)5/h10-11H,6-9,12,19H2,1-5H3,(H,20,21). The van der Waals surface area contributed by atoms with Gasteiger partial charge in [-0.25, -0.2) is 4.79 Å². The zero-order chi connectivity index (χ0) is 17.5. The van der Waals surface area contributed by atoms with Gasteiger partial charge in [0.25, 0.3) is 0 Å². The van der Waals surface area contributed by atoms with Crippen LogP contribution in [0.1, 0.15) is 50.3 Å². The first-order chi connectivity index (χ1) is 10.7. The Balaban J connectivity index is 2.26. The first kappa shape index (κ1) is 19.3. The Morgan fingerprint density at radius 1 is 1.22 bits per heavy atom. The number of nitrogens with one attached hydrogen (secondary N) is 1. The number of hydrogen-bond acceptors (Lipinski definition) is 4. The van der Waals surface area contributed by atoms with Gasteiger partial charge in [0.15, 0.2) is 0 Å². The largest absolute Gasteiger partial charge is 0.494 e. The maximum Gasteiger partial charge on any atom is 0.407 e. The molecular weight excluding hydrogens is 292 g/mol. The first-order valence-electron chi connectivity index (χ1n) is 8.13. The molecule has 3 N–H and O–H groups in total. The number of aryl methyl sites for hydroxylation is 1. The lowest BCUT2D eigenvalue weighted by Crippen LogP contribution is -2.33. The zero-order valence-corrected chi connectivity index (χ0v) is 15.0. The molecule has 0 saturated heterocycles. The fraction of sp³-hybridized carbons (Fsp3) is 0.611. The molecule has 0 aliphatic rings. The van der Waals surface area contributed by atoms with Gasteiger partial charge in [-0.3, -0.25) is 0 Å². The fourth-order valence-electron chi connectivity index (χ4n) is 2.11. The Bertz CT molecular complexity index is 522. The summed E-state index contributed by atoms with van der Waals surface area (Å²) >= 11 is 0. The second-order valence-corrected chi connectivity index (χ2v) is 6.71. The molecule has 0 spiro atoms. The minimum Gasteiger partial charge on any atom is -0.494 e. The van der Waals surface area contributed by atoms with Crippen molar-refractivity contribution < 1.29 is 14.3 Å². The lowest BCUT2D eigenvalue weighted by molar-refractivity contribution is 0.0526. The molecule has 0 aliphatic heterocycles. The van der Waals surface area contributed by atoms with E-state index < -0.39 is 5.60 Å². The highest BCUT2D eigenvalue weighted by atomic mass is 16.6. The van der Waals surface area contributed by atoms with Gasteiger partial charge in [0.05, 0.1) is 6.61 Å². The number of rotatable bonds is 7. The molecule has 0 unspecified atom stereocenters. The van der Waals surface area contributed by atoms with E-state index in [0.717, 1.165) is 24.2 Å². The highest BCUT2D eigenvalue weighted by Gasteiger charge is 2.15. The molecule has 0 saturated carbocycles. The SMILES string of the molecule is Cc1cc(OCCCCNC(=O)OC(C)(C)C)cc(CN)c1C. The van der Waals surface area contributed by atoms with Crippen molar-refractivity contribution in [2.45, 2.75) is 59.6 Å². The number of carbonyl (C=O) groups excluding carboxylic acids is 1. The molecule has 1 aromatic carbocycles. The van der Waals surface area contributed by atoms with Crippen LogP contribution in [-0.4, -0.2) is 24.8 Å². The summed E-state index contributed by atoms with van der Waals surface area (Å²) in [5, 5.41) is 2.74. The summed E-state index contributed by atoms with van der Waals surface area (Å²) in [5.41, 5.74) is 8.82. The van der Waals surface area contributed by atoms with E-state index in [1.165, 1.54) is 11.1 Å². The van der Waals surface area contributed by atoms with E-state index >= 15 is 0 Å². The van der Waals surface area contributed by atoms with Crippen molar-refractivity contribution in [3.63, 3.8) is 0 Å². The monoisotopic (exact) mass is 322 g/mol. The van der Waals surface area contributed by atoms with Gasteiger partial charge in [0.1, 0.15) is 11.4 Å². The van der Waals surface area contributed by atoms with Crippen molar-refractivity contribution in [3.05, 3.63) is 28.8 Å². The molecule has 1 rings (SSSR count). The summed E-state index contributed by atoms with van der Waals surface area (Å²) in [6.45, 7) is 11.4. The highest BCUT2D eigenvalue weighted by Crippen LogP contribution is 2.21. The van der Waals surface area contributed by atoms with Crippen LogP contribution in [0, 0.1) is 13.8 Å². The van der Waals surface area contributed by atoms with Gasteiger partial charge in [-0.1, -0.05) is 0 Å². The van der Waals surface area contributed by atoms with Crippen molar-refractivity contribution in [2.75, 3.05) is 13.2 Å². The molecule has 5 nitrogen and oxygen atoms in total. The average molecular weight is 322 g/mol. The summed E-state index contributed by atoms with van der Waals surface area (Å²) in [6, 6.07) is 4.04. The van der Waals surface area contributed by atoms with Crippen molar-refractivity contribution in [3.8, 4) is 5.75 Å². The molecule has 0 radical (unpaired) electrons. The molecular formula is C18H30N2O3. The Morgan fingerprint density at radius 3 is 2.52 bits per heavy atom. The van der Waals surface area contributed by atoms with Crippen LogP contribution in [0.3, 0.4) is 0 Å². The van der Waals surface area contributed by atoms with Crippen molar-refractivity contribution in [1.29, 1.82) is 0 Å². The van der Waals surface area contributed by atoms with Crippen LogP contribution in [-0.2, 0) is 11.3 Å². The van der Waals surface area contributed by atoms with Crippen molar-refractivity contribution in [2.24, 2.45) is 5.73 Å². The number of amides is 1. The summed E-state index contributed by atoms with van der Waals surface area (Å²) < 4.78 is 10.9. The van der Waals surface area contributed by atoms with Gasteiger partial charge in [-0.05, 0) is 76.3 Å². The lowest BCUT2D eigenvalue weighted by Gasteiger charge is -2.19. The highest BCUT2D eigenvalue weighted by molar-refractivity contribution is 5.67. The van der Waals surface area contributed by atoms with E-state index in [1.54, 1.807) is 0 Å². The van der Waals surface area contributed by atoms with Crippen LogP contribution < -0.4 is 15.8 Å². The Hall–Kier alpha value is -1.75. The number of hydrogen-bond donors (Lipinski definition) is 2. The van der Waals surface area contributed by atoms with Gasteiger partial charge in [-0.2, -0.15) is 0 Å². The van der Waals surface area contributed by atoms with Crippen LogP contribution in [0.25, 0.3) is 0 Å². The van der Waals surface area contributed by atoms with E-state index in [9.17, 15) is 4.79 Å². The third-order valence-corrected chi connectivity index (χ3v) is 3.48. The molecule has 1 aromatic rings. The molecule has 0 aromatic heterocycles. The molecule has 0 heterocycles. The van der Waals surface area contributed by atoms with Crippen LogP contribution in [0.5, 0.6) is 5.75 Å². The number of carbonyl (C=O) groups is 1. The summed E-state index contributed by atoms with van der Waals surface area (Å²) in [6.07, 6.45) is 1.33. The average Bonchev–Trinajstić information content (AvgIpc) is 2.44. The zero-order valence-electron chi connectivity index (χ0n) is 15.0. The van der Waals surface area contributed by atoms with Gasteiger partial charge >= 0.3 is 6.09 Å². The molecule has 130 valence electrons. The summed E-state index contributed by atoms with van der Waals surface area (Å²) in [7, 11) is 0. The van der Waals surface area contributed by atoms with Gasteiger partial charge in [-0.15, -0.1) is 0 Å². The number of alkyl carbamates (subject to hydrolysis) is 1. The molecule has 5 heteroatoms. The topological polar surface area (TPSA) is 73.6 Å². The smallest absolute Gasteiger partial charge is 0.407 e. The number of ether oxygens (including phenoxy) is 2. The van der Waals surface area contributed by atoms with Crippen LogP contribution in [0.2, 0.25) is 0 Å². The predicted octanol–water partition coefficient (Wildman–Crippen LogP) is 3.45. The second kappa shape index (κ2) is 8.77. The third kappa shape index (κ3) is 7.37. The molecule has 0 bridgehead atoms. The van der Waals surface area contributed by atoms with Crippen LogP contribution in [0.15, 0.2) is 12.1 Å². The van der Waals surface area contributed by atoms with E-state index in [0.29, 0.717) is 19.7 Å². The number of nitrogens with two attached hydrogens (primary N) is 1. The van der Waals surface area contributed by atoms with Crippen LogP contribution in [0.4, 0.5) is 4.79 Å². The normalized spacial score (nSPS) is 11.2. The third-order valence-electron chi connectivity index (χ3n) is 3.48.